The number of hydrogen-bond acceptors (Lipinski definition) is 1. The third kappa shape index (κ3) is 7.32. The maximum atomic E-state index is 13.5. The Morgan fingerprint density at radius 2 is 1.14 bits per heavy atom. The van der Waals surface area contributed by atoms with E-state index in [4.69, 9.17) is 0 Å². The van der Waals surface area contributed by atoms with Gasteiger partial charge in [-0.25, -0.2) is 0 Å². The van der Waals surface area contributed by atoms with Crippen LogP contribution in [0.15, 0.2) is 109 Å². The van der Waals surface area contributed by atoms with Gasteiger partial charge < -0.3 is 0 Å². The first-order valence-electron chi connectivity index (χ1n) is 13.6. The average molecular weight is 682 g/mol. The van der Waals surface area contributed by atoms with Crippen LogP contribution < -0.4 is 15.9 Å². The van der Waals surface area contributed by atoms with Crippen molar-refractivity contribution in [3.8, 4) is 0 Å². The normalized spacial score (nSPS) is 14.1. The third-order valence-corrected chi connectivity index (χ3v) is 16.8. The van der Waals surface area contributed by atoms with E-state index >= 15 is 0 Å². The standard InChI is InChI=1S/C33H31BrF6NOP/c1-23(2)30(41-31(42)25-18-26(32(35,36)37)20-27(19-25)33(38,39)40)22-43(34,28-14-8-4-9-15-28,29-16-10-5-11-17-29)21-24-12-6-3-7-13-24/h3-20,23,30H,21-22H2,1-2H3,(H,41,42)/t30-/m1/s1. The SMILES string of the molecule is CC(C)[C@@H](CP(Br)(Cc1ccccc1)(c1ccccc1)c1ccccc1)NC(=O)c1cc(C(F)(F)F)cc(C(F)(F)F)c1. The summed E-state index contributed by atoms with van der Waals surface area (Å²) in [6.07, 6.45) is -9.22. The minimum absolute atomic E-state index is 0.0202. The van der Waals surface area contributed by atoms with Crippen molar-refractivity contribution < 1.29 is 31.1 Å². The molecule has 0 saturated carbocycles. The van der Waals surface area contributed by atoms with Gasteiger partial charge in [-0.1, -0.05) is 0 Å². The third-order valence-electron chi connectivity index (χ3n) is 7.60. The molecule has 0 bridgehead atoms. The Hall–Kier alpha value is -3.16. The Kier molecular flexibility index (Phi) is 9.48. The van der Waals surface area contributed by atoms with Crippen molar-refractivity contribution in [1.29, 1.82) is 0 Å². The predicted molar refractivity (Wildman–Crippen MR) is 166 cm³/mol. The zero-order chi connectivity index (χ0) is 31.5. The van der Waals surface area contributed by atoms with Crippen LogP contribution in [0.5, 0.6) is 0 Å². The summed E-state index contributed by atoms with van der Waals surface area (Å²) >= 11 is 4.32. The number of alkyl halides is 6. The van der Waals surface area contributed by atoms with E-state index in [2.05, 4.69) is 20.8 Å². The van der Waals surface area contributed by atoms with Crippen LogP contribution in [0.3, 0.4) is 0 Å². The molecule has 0 saturated heterocycles. The molecule has 0 heterocycles. The Morgan fingerprint density at radius 1 is 0.721 bits per heavy atom. The van der Waals surface area contributed by atoms with E-state index in [1.54, 1.807) is 0 Å². The zero-order valence-electron chi connectivity index (χ0n) is 23.5. The molecule has 4 aromatic rings. The van der Waals surface area contributed by atoms with E-state index in [1.807, 2.05) is 105 Å². The summed E-state index contributed by atoms with van der Waals surface area (Å²) in [6, 6.07) is 29.7. The molecule has 1 atom stereocenters. The number of hydrogen-bond donors (Lipinski definition) is 1. The van der Waals surface area contributed by atoms with Gasteiger partial charge in [-0.05, 0) is 0 Å². The number of benzene rings is 4. The predicted octanol–water partition coefficient (Wildman–Crippen LogP) is 9.19. The molecule has 0 spiro atoms. The van der Waals surface area contributed by atoms with E-state index in [0.29, 0.717) is 24.5 Å². The molecule has 0 aliphatic rings. The number of carbonyl (C=O) groups excluding carboxylic acids is 1. The summed E-state index contributed by atoms with van der Waals surface area (Å²) in [5.41, 5.74) is -2.74. The number of rotatable bonds is 9. The van der Waals surface area contributed by atoms with E-state index in [1.165, 1.54) is 0 Å². The molecule has 0 aliphatic carbocycles. The number of carbonyl (C=O) groups is 1. The second-order valence-corrected chi connectivity index (χ2v) is 20.6. The fourth-order valence-electron chi connectivity index (χ4n) is 5.28. The summed E-state index contributed by atoms with van der Waals surface area (Å²) in [4.78, 5) is 13.5. The first-order valence-corrected chi connectivity index (χ1v) is 18.2. The first-order chi connectivity index (χ1) is 20.1. The number of halogens is 7. The van der Waals surface area contributed by atoms with E-state index < -0.39 is 46.3 Å². The second kappa shape index (κ2) is 12.4. The second-order valence-electron chi connectivity index (χ2n) is 11.0. The summed E-state index contributed by atoms with van der Waals surface area (Å²) in [6.45, 7) is 3.73. The Bertz CT molecular complexity index is 1470. The maximum absolute atomic E-state index is 13.5. The van der Waals surface area contributed by atoms with Crippen LogP contribution in [0, 0.1) is 5.92 Å². The van der Waals surface area contributed by atoms with Gasteiger partial charge in [0.15, 0.2) is 0 Å². The van der Waals surface area contributed by atoms with Gasteiger partial charge in [0.05, 0.1) is 0 Å². The van der Waals surface area contributed by atoms with Gasteiger partial charge in [0, 0.05) is 0 Å². The molecule has 0 aliphatic heterocycles. The summed E-state index contributed by atoms with van der Waals surface area (Å²) in [5.74, 6) is -1.23. The Balaban J connectivity index is 1.85. The van der Waals surface area contributed by atoms with Gasteiger partial charge in [0.2, 0.25) is 0 Å². The Morgan fingerprint density at radius 3 is 1.53 bits per heavy atom. The van der Waals surface area contributed by atoms with Crippen molar-refractivity contribution in [1.82, 2.24) is 5.32 Å². The van der Waals surface area contributed by atoms with E-state index in [0.717, 1.165) is 16.2 Å². The van der Waals surface area contributed by atoms with Gasteiger partial charge in [-0.15, -0.1) is 0 Å². The molecule has 4 rings (SSSR count). The van der Waals surface area contributed by atoms with Gasteiger partial charge in [-0.2, -0.15) is 0 Å². The molecular formula is C33H31BrF6NOP. The van der Waals surface area contributed by atoms with Gasteiger partial charge in [0.25, 0.3) is 0 Å². The summed E-state index contributed by atoms with van der Waals surface area (Å²) < 4.78 is 81.3. The van der Waals surface area contributed by atoms with Gasteiger partial charge in [0.1, 0.15) is 0 Å². The average Bonchev–Trinajstić information content (AvgIpc) is 2.97. The van der Waals surface area contributed by atoms with Gasteiger partial charge in [-0.3, -0.25) is 0 Å². The van der Waals surface area contributed by atoms with Crippen LogP contribution in [-0.4, -0.2) is 18.1 Å². The minimum atomic E-state index is -5.06. The van der Waals surface area contributed by atoms with Crippen molar-refractivity contribution in [2.24, 2.45) is 5.92 Å². The van der Waals surface area contributed by atoms with Crippen molar-refractivity contribution >= 4 is 37.3 Å². The molecule has 2 nitrogen and oxygen atoms in total. The molecule has 0 fully saturated rings. The number of nitrogens with one attached hydrogen (secondary N) is 1. The number of amides is 1. The molecule has 10 heteroatoms. The summed E-state index contributed by atoms with van der Waals surface area (Å²) in [5, 5.41) is 1.38. The molecule has 0 radical (unpaired) electrons. The summed E-state index contributed by atoms with van der Waals surface area (Å²) in [7, 11) is 0. The topological polar surface area (TPSA) is 29.1 Å². The molecule has 4 aromatic carbocycles. The van der Waals surface area contributed by atoms with E-state index in [-0.39, 0.29) is 12.0 Å². The molecule has 1 amide bonds. The van der Waals surface area contributed by atoms with Crippen LogP contribution in [0.25, 0.3) is 0 Å². The first kappa shape index (κ1) is 32.7. The van der Waals surface area contributed by atoms with Crippen molar-refractivity contribution in [3.05, 3.63) is 131 Å². The van der Waals surface area contributed by atoms with Crippen molar-refractivity contribution in [3.63, 3.8) is 0 Å². The molecule has 228 valence electrons. The van der Waals surface area contributed by atoms with Gasteiger partial charge >= 0.3 is 256 Å². The van der Waals surface area contributed by atoms with Crippen LogP contribution in [0.4, 0.5) is 26.3 Å². The molecule has 0 unspecified atom stereocenters. The van der Waals surface area contributed by atoms with Crippen molar-refractivity contribution in [2.75, 3.05) is 6.16 Å². The van der Waals surface area contributed by atoms with Crippen LogP contribution >= 0.6 is 20.8 Å². The zero-order valence-corrected chi connectivity index (χ0v) is 25.9. The van der Waals surface area contributed by atoms with E-state index in [9.17, 15) is 31.1 Å². The monoisotopic (exact) mass is 681 g/mol. The fourth-order valence-corrected chi connectivity index (χ4v) is 13.7. The van der Waals surface area contributed by atoms with Crippen molar-refractivity contribution in [2.45, 2.75) is 38.4 Å². The van der Waals surface area contributed by atoms with Crippen LogP contribution in [0.1, 0.15) is 40.9 Å². The molecular weight excluding hydrogens is 651 g/mol. The fraction of sp³-hybridized carbons (Fsp3) is 0.242. The Labute approximate surface area is 255 Å². The molecule has 1 N–H and O–H groups in total. The van der Waals surface area contributed by atoms with Crippen LogP contribution in [0.2, 0.25) is 0 Å². The molecule has 43 heavy (non-hydrogen) atoms. The molecule has 0 aromatic heterocycles. The quantitative estimate of drug-likeness (QED) is 0.139. The van der Waals surface area contributed by atoms with Crippen LogP contribution in [-0.2, 0) is 18.5 Å².